The number of amides is 3. The lowest BCUT2D eigenvalue weighted by atomic mass is 9.95. The van der Waals surface area contributed by atoms with Crippen LogP contribution in [0.25, 0.3) is 0 Å². The zero-order chi connectivity index (χ0) is 43.8. The second-order valence-corrected chi connectivity index (χ2v) is 14.8. The maximum absolute atomic E-state index is 12.2. The zero-order valence-corrected chi connectivity index (χ0v) is 32.0. The molecule has 27 nitrogen and oxygen atoms in total. The van der Waals surface area contributed by atoms with Crippen molar-refractivity contribution in [2.75, 3.05) is 33.0 Å². The van der Waals surface area contributed by atoms with E-state index in [4.69, 9.17) is 28.4 Å². The minimum absolute atomic E-state index is 0.758. The second kappa shape index (κ2) is 21.9. The Hall–Kier alpha value is -2.40. The second-order valence-electron chi connectivity index (χ2n) is 13.7. The normalized spacial score (nSPS) is 37.9. The fraction of sp³-hybridized carbons (Fsp3) is 0.900. The van der Waals surface area contributed by atoms with Gasteiger partial charge in [0.05, 0.1) is 39.1 Å². The van der Waals surface area contributed by atoms with Crippen molar-refractivity contribution < 1.29 is 116 Å². The van der Waals surface area contributed by atoms with Crippen molar-refractivity contribution in [2.24, 2.45) is 0 Å². The Kier molecular flexibility index (Phi) is 18.9. The molecule has 19 atom stereocenters. The Morgan fingerprint density at radius 1 is 0.690 bits per heavy atom. The molecule has 0 radical (unpaired) electrons. The molecular weight excluding hydrogens is 818 g/mol. The van der Waals surface area contributed by atoms with Crippen molar-refractivity contribution in [3.05, 3.63) is 0 Å². The van der Waals surface area contributed by atoms with E-state index in [0.29, 0.717) is 0 Å². The van der Waals surface area contributed by atoms with E-state index in [0.717, 1.165) is 20.8 Å². The molecular formula is C30H53N3O24S. The minimum atomic E-state index is -5.22. The summed E-state index contributed by atoms with van der Waals surface area (Å²) in [6, 6.07) is -4.90. The van der Waals surface area contributed by atoms with Crippen LogP contribution in [0.15, 0.2) is 0 Å². The summed E-state index contributed by atoms with van der Waals surface area (Å²) in [7, 11) is -5.22. The third-order valence-corrected chi connectivity index (χ3v) is 9.68. The highest BCUT2D eigenvalue weighted by molar-refractivity contribution is 7.80. The van der Waals surface area contributed by atoms with Gasteiger partial charge in [0.2, 0.25) is 17.7 Å². The van der Waals surface area contributed by atoms with Gasteiger partial charge in [-0.15, -0.1) is 0 Å². The number of hydrogen-bond acceptors (Lipinski definition) is 23. The molecule has 3 amide bonds. The molecule has 0 aliphatic carbocycles. The van der Waals surface area contributed by atoms with Crippen LogP contribution in [0.3, 0.4) is 0 Å². The molecule has 0 bridgehead atoms. The molecule has 0 aromatic carbocycles. The highest BCUT2D eigenvalue weighted by Gasteiger charge is 2.53. The molecule has 0 aromatic rings. The third kappa shape index (κ3) is 13.1. The minimum Gasteiger partial charge on any atom is -0.394 e. The van der Waals surface area contributed by atoms with Crippen LogP contribution in [0.1, 0.15) is 20.8 Å². The van der Waals surface area contributed by atoms with Crippen molar-refractivity contribution in [1.82, 2.24) is 16.0 Å². The largest absolute Gasteiger partial charge is 0.397 e. The van der Waals surface area contributed by atoms with Gasteiger partial charge in [0, 0.05) is 20.8 Å². The molecule has 3 saturated heterocycles. The van der Waals surface area contributed by atoms with Crippen LogP contribution < -0.4 is 16.0 Å². The first-order chi connectivity index (χ1) is 27.0. The number of ether oxygens (including phenoxy) is 6. The van der Waals surface area contributed by atoms with Crippen molar-refractivity contribution in [3.63, 3.8) is 0 Å². The van der Waals surface area contributed by atoms with E-state index in [2.05, 4.69) is 20.1 Å². The van der Waals surface area contributed by atoms with Gasteiger partial charge in [0.15, 0.2) is 18.9 Å². The molecule has 15 N–H and O–H groups in total. The standard InChI is InChI=1S/C30H53N3O24S/c1-9(37)31-12(4-34)26(56-29-17(32-10(2)38)22(44)20(42)14(5-35)53-29)19(41)13(40)7-51-28-18(33-11(3)39)23(45)27(16(55-28)8-52-58(48,49)50)57-30-25(47)24(46)21(43)15(6-36)54-30/h12-30,34-36,40-47H,4-8H2,1-3H3,(H,31,37)(H,32,38)(H,33,39)(H,48,49,50)/t12-,13+,14+,15+,16+,17+,18+,19-,20+,21-,22+,23+,24-,25+,26+,27+,28+,29-,30-/m0/s1. The molecule has 58 heavy (non-hydrogen) atoms. The van der Waals surface area contributed by atoms with Gasteiger partial charge in [-0.05, 0) is 0 Å². The van der Waals surface area contributed by atoms with Crippen molar-refractivity contribution in [3.8, 4) is 0 Å². The fourth-order valence-corrected chi connectivity index (χ4v) is 6.71. The van der Waals surface area contributed by atoms with Gasteiger partial charge in [-0.1, -0.05) is 0 Å². The molecule has 0 aromatic heterocycles. The zero-order valence-electron chi connectivity index (χ0n) is 31.2. The molecule has 3 rings (SSSR count). The Labute approximate surface area is 330 Å². The van der Waals surface area contributed by atoms with Crippen LogP contribution in [-0.4, -0.2) is 236 Å². The Morgan fingerprint density at radius 3 is 1.71 bits per heavy atom. The van der Waals surface area contributed by atoms with E-state index < -0.39 is 178 Å². The molecule has 338 valence electrons. The lowest BCUT2D eigenvalue weighted by Gasteiger charge is -2.47. The highest BCUT2D eigenvalue weighted by Crippen LogP contribution is 2.31. The molecule has 0 spiro atoms. The third-order valence-electron chi connectivity index (χ3n) is 9.25. The highest BCUT2D eigenvalue weighted by atomic mass is 32.3. The van der Waals surface area contributed by atoms with E-state index in [-0.39, 0.29) is 0 Å². The summed E-state index contributed by atoms with van der Waals surface area (Å²) in [4.78, 5) is 36.2. The molecule has 3 heterocycles. The number of carbonyl (C=O) groups excluding carboxylic acids is 3. The lowest BCUT2D eigenvalue weighted by Crippen LogP contribution is -2.68. The van der Waals surface area contributed by atoms with Crippen LogP contribution >= 0.6 is 0 Å². The molecule has 3 aliphatic heterocycles. The van der Waals surface area contributed by atoms with E-state index in [1.165, 1.54) is 0 Å². The number of nitrogens with one attached hydrogen (secondary N) is 3. The van der Waals surface area contributed by atoms with Crippen molar-refractivity contribution in [2.45, 2.75) is 137 Å². The van der Waals surface area contributed by atoms with Gasteiger partial charge in [0.1, 0.15) is 91.4 Å². The first-order valence-corrected chi connectivity index (χ1v) is 19.0. The Bertz CT molecular complexity index is 1450. The number of carbonyl (C=O) groups is 3. The Balaban J connectivity index is 1.92. The van der Waals surface area contributed by atoms with Crippen LogP contribution in [0.2, 0.25) is 0 Å². The summed E-state index contributed by atoms with van der Waals surface area (Å²) < 4.78 is 70.1. The van der Waals surface area contributed by atoms with Crippen molar-refractivity contribution in [1.29, 1.82) is 0 Å². The van der Waals surface area contributed by atoms with E-state index in [1.54, 1.807) is 0 Å². The summed E-state index contributed by atoms with van der Waals surface area (Å²) in [6.07, 6.45) is -30.3. The predicted molar refractivity (Wildman–Crippen MR) is 181 cm³/mol. The quantitative estimate of drug-likeness (QED) is 0.0536. The average molecular weight is 872 g/mol. The fourth-order valence-electron chi connectivity index (χ4n) is 6.40. The van der Waals surface area contributed by atoms with E-state index in [1.807, 2.05) is 0 Å². The summed E-state index contributed by atoms with van der Waals surface area (Å²) in [6.45, 7) is -1.92. The van der Waals surface area contributed by atoms with Crippen LogP contribution in [0.5, 0.6) is 0 Å². The van der Waals surface area contributed by atoms with Crippen LogP contribution in [0.4, 0.5) is 0 Å². The van der Waals surface area contributed by atoms with E-state index in [9.17, 15) is 83.5 Å². The molecule has 3 aliphatic rings. The maximum Gasteiger partial charge on any atom is 0.397 e. The predicted octanol–water partition coefficient (Wildman–Crippen LogP) is -9.85. The molecule has 3 fully saturated rings. The molecule has 0 unspecified atom stereocenters. The first-order valence-electron chi connectivity index (χ1n) is 17.6. The van der Waals surface area contributed by atoms with Gasteiger partial charge in [0.25, 0.3) is 0 Å². The van der Waals surface area contributed by atoms with Crippen LogP contribution in [-0.2, 0) is 57.4 Å². The molecule has 0 saturated carbocycles. The number of hydrogen-bond donors (Lipinski definition) is 15. The van der Waals surface area contributed by atoms with Gasteiger partial charge < -0.3 is 101 Å². The SMILES string of the molecule is CC(=O)N[C@H]1[C@H](OC[C@@H](O)[C@H](O)[C@H](O[C@@H]2O[C@H](CO)[C@@H](O)[C@H](O)[C@H]2NC(C)=O)[C@H](CO)NC(C)=O)O[C@H](COS(=O)(=O)O)[C@@H](O[C@@H]2O[C@H](CO)[C@H](O)[C@H](O)[C@H]2O)[C@@H]1O. The topological polar surface area (TPSA) is 429 Å². The molecule has 28 heteroatoms. The average Bonchev–Trinajstić information content (AvgIpc) is 3.14. The summed E-state index contributed by atoms with van der Waals surface area (Å²) in [5.41, 5.74) is 0. The van der Waals surface area contributed by atoms with Crippen molar-refractivity contribution >= 4 is 28.1 Å². The number of aliphatic hydroxyl groups excluding tert-OH is 11. The van der Waals surface area contributed by atoms with Gasteiger partial charge in [-0.3, -0.25) is 18.9 Å². The maximum atomic E-state index is 12.2. The summed E-state index contributed by atoms with van der Waals surface area (Å²) in [5, 5.41) is 122. The van der Waals surface area contributed by atoms with Gasteiger partial charge in [-0.2, -0.15) is 8.42 Å². The van der Waals surface area contributed by atoms with Gasteiger partial charge >= 0.3 is 10.4 Å². The smallest absolute Gasteiger partial charge is 0.394 e. The summed E-state index contributed by atoms with van der Waals surface area (Å²) >= 11 is 0. The van der Waals surface area contributed by atoms with E-state index >= 15 is 0 Å². The monoisotopic (exact) mass is 871 g/mol. The lowest BCUT2D eigenvalue weighted by molar-refractivity contribution is -0.349. The number of aliphatic hydroxyl groups is 11. The summed E-state index contributed by atoms with van der Waals surface area (Å²) in [5.74, 6) is -2.38. The van der Waals surface area contributed by atoms with Gasteiger partial charge in [-0.25, -0.2) is 4.18 Å². The number of rotatable bonds is 19. The first kappa shape index (κ1) is 50.0. The van der Waals surface area contributed by atoms with Crippen LogP contribution in [0, 0.1) is 0 Å². The Morgan fingerprint density at radius 2 is 1.21 bits per heavy atom.